The monoisotopic (exact) mass is 532 g/mol. The lowest BCUT2D eigenvalue weighted by Crippen LogP contribution is -2.41. The molecule has 1 aliphatic heterocycles. The van der Waals surface area contributed by atoms with E-state index < -0.39 is 69.8 Å². The van der Waals surface area contributed by atoms with Gasteiger partial charge in [0.2, 0.25) is 5.91 Å². The number of benzene rings is 3. The molecule has 1 spiro atoms. The van der Waals surface area contributed by atoms with Crippen LogP contribution in [0.25, 0.3) is 0 Å². The highest BCUT2D eigenvalue weighted by atomic mass is 19.2. The van der Waals surface area contributed by atoms with Gasteiger partial charge in [0, 0.05) is 30.3 Å². The van der Waals surface area contributed by atoms with Crippen LogP contribution >= 0.6 is 0 Å². The summed E-state index contributed by atoms with van der Waals surface area (Å²) in [6.45, 7) is -1.00. The van der Waals surface area contributed by atoms with E-state index in [1.165, 1.54) is 12.1 Å². The van der Waals surface area contributed by atoms with Crippen LogP contribution in [0, 0.1) is 34.9 Å². The number of carbonyl (C=O) groups is 2. The van der Waals surface area contributed by atoms with Gasteiger partial charge in [0.1, 0.15) is 29.1 Å². The van der Waals surface area contributed by atoms with E-state index >= 15 is 4.39 Å². The lowest BCUT2D eigenvalue weighted by Gasteiger charge is -2.32. The molecular formula is C28H22F6N2O2. The summed E-state index contributed by atoms with van der Waals surface area (Å²) < 4.78 is 84.8. The van der Waals surface area contributed by atoms with E-state index in [0.29, 0.717) is 36.6 Å². The predicted molar refractivity (Wildman–Crippen MR) is 126 cm³/mol. The minimum atomic E-state index is -1.21. The molecule has 2 amide bonds. The van der Waals surface area contributed by atoms with Gasteiger partial charge in [-0.1, -0.05) is 25.3 Å². The second-order valence-electron chi connectivity index (χ2n) is 9.67. The number of anilines is 1. The number of nitrogens with one attached hydrogen (secondary N) is 1. The van der Waals surface area contributed by atoms with Gasteiger partial charge in [-0.25, -0.2) is 26.3 Å². The van der Waals surface area contributed by atoms with Crippen molar-refractivity contribution in [2.75, 3.05) is 4.90 Å². The fraction of sp³-hybridized carbons (Fsp3) is 0.286. The molecule has 0 bridgehead atoms. The summed E-state index contributed by atoms with van der Waals surface area (Å²) in [6.07, 6.45) is 3.28. The Balaban J connectivity index is 1.51. The van der Waals surface area contributed by atoms with Crippen LogP contribution < -0.4 is 10.2 Å². The Hall–Kier alpha value is -3.82. The van der Waals surface area contributed by atoms with E-state index in [0.717, 1.165) is 36.3 Å². The summed E-state index contributed by atoms with van der Waals surface area (Å²) in [5, 5.41) is 2.23. The number of amides is 2. The van der Waals surface area contributed by atoms with E-state index in [-0.39, 0.29) is 17.8 Å². The first-order valence-electron chi connectivity index (χ1n) is 12.1. The topological polar surface area (TPSA) is 49.4 Å². The van der Waals surface area contributed by atoms with Crippen LogP contribution in [-0.4, -0.2) is 11.8 Å². The molecule has 3 aromatic rings. The Morgan fingerprint density at radius 2 is 1.45 bits per heavy atom. The van der Waals surface area contributed by atoms with Crippen LogP contribution in [0.1, 0.15) is 59.2 Å². The Morgan fingerprint density at radius 1 is 0.842 bits per heavy atom. The van der Waals surface area contributed by atoms with Crippen LogP contribution in [0.5, 0.6) is 0 Å². The molecular weight excluding hydrogens is 510 g/mol. The van der Waals surface area contributed by atoms with Gasteiger partial charge in [-0.05, 0) is 42.2 Å². The normalized spacial score (nSPS) is 16.2. The summed E-state index contributed by atoms with van der Waals surface area (Å²) in [4.78, 5) is 27.7. The zero-order valence-corrected chi connectivity index (χ0v) is 20.0. The van der Waals surface area contributed by atoms with Crippen LogP contribution in [-0.2, 0) is 23.3 Å². The van der Waals surface area contributed by atoms with Crippen LogP contribution in [0.3, 0.4) is 0 Å². The lowest BCUT2D eigenvalue weighted by atomic mass is 9.70. The summed E-state index contributed by atoms with van der Waals surface area (Å²) in [5.41, 5.74) is -1.77. The molecule has 2 aliphatic rings. The molecule has 1 aliphatic carbocycles. The molecule has 4 nitrogen and oxygen atoms in total. The third-order valence-electron chi connectivity index (χ3n) is 7.30. The van der Waals surface area contributed by atoms with Gasteiger partial charge < -0.3 is 10.2 Å². The first-order chi connectivity index (χ1) is 18.1. The first kappa shape index (κ1) is 25.8. The number of halogens is 6. The van der Waals surface area contributed by atoms with Crippen molar-refractivity contribution in [2.45, 2.75) is 50.6 Å². The number of hydrogen-bond donors (Lipinski definition) is 1. The molecule has 1 fully saturated rings. The summed E-state index contributed by atoms with van der Waals surface area (Å²) in [6, 6.07) is 6.38. The number of carbonyl (C=O) groups excluding carboxylic acids is 2. The van der Waals surface area contributed by atoms with Gasteiger partial charge in [-0.2, -0.15) is 0 Å². The molecule has 1 saturated carbocycles. The maximum Gasteiger partial charge on any atom is 0.254 e. The number of fused-ring (bicyclic) bond motifs is 2. The van der Waals surface area contributed by atoms with Crippen molar-refractivity contribution in [3.63, 3.8) is 0 Å². The largest absolute Gasteiger partial charge is 0.348 e. The molecule has 5 rings (SSSR count). The second-order valence-corrected chi connectivity index (χ2v) is 9.67. The number of nitrogens with zero attached hydrogens (tertiary/aromatic N) is 1. The highest BCUT2D eigenvalue weighted by molar-refractivity contribution is 6.09. The molecule has 0 saturated heterocycles. The smallest absolute Gasteiger partial charge is 0.254 e. The fourth-order valence-corrected chi connectivity index (χ4v) is 5.54. The summed E-state index contributed by atoms with van der Waals surface area (Å²) >= 11 is 0. The third-order valence-corrected chi connectivity index (χ3v) is 7.30. The van der Waals surface area contributed by atoms with E-state index in [1.54, 1.807) is 0 Å². The first-order valence-corrected chi connectivity index (χ1v) is 12.1. The average molecular weight is 532 g/mol. The van der Waals surface area contributed by atoms with Crippen molar-refractivity contribution >= 4 is 17.5 Å². The van der Waals surface area contributed by atoms with E-state index in [9.17, 15) is 31.5 Å². The molecule has 3 aromatic carbocycles. The highest BCUT2D eigenvalue weighted by Crippen LogP contribution is 2.51. The van der Waals surface area contributed by atoms with E-state index in [2.05, 4.69) is 5.32 Å². The molecule has 1 heterocycles. The maximum atomic E-state index is 16.0. The van der Waals surface area contributed by atoms with Crippen molar-refractivity contribution < 1.29 is 35.9 Å². The van der Waals surface area contributed by atoms with Gasteiger partial charge >= 0.3 is 0 Å². The minimum Gasteiger partial charge on any atom is -0.348 e. The molecule has 0 aromatic heterocycles. The van der Waals surface area contributed by atoms with E-state index in [4.69, 9.17) is 0 Å². The van der Waals surface area contributed by atoms with Gasteiger partial charge in [-0.3, -0.25) is 9.59 Å². The van der Waals surface area contributed by atoms with Crippen molar-refractivity contribution in [2.24, 2.45) is 0 Å². The quantitative estimate of drug-likeness (QED) is 0.398. The second kappa shape index (κ2) is 9.81. The van der Waals surface area contributed by atoms with Crippen LogP contribution in [0.2, 0.25) is 0 Å². The molecule has 0 atom stereocenters. The molecule has 198 valence electrons. The average Bonchev–Trinajstić information content (AvgIpc) is 3.06. The minimum absolute atomic E-state index is 0.103. The highest BCUT2D eigenvalue weighted by Gasteiger charge is 2.52. The molecule has 1 N–H and O–H groups in total. The van der Waals surface area contributed by atoms with Gasteiger partial charge in [0.15, 0.2) is 5.82 Å². The lowest BCUT2D eigenvalue weighted by molar-refractivity contribution is -0.124. The van der Waals surface area contributed by atoms with Crippen LogP contribution in [0.15, 0.2) is 42.5 Å². The Morgan fingerprint density at radius 3 is 2.08 bits per heavy atom. The molecule has 38 heavy (non-hydrogen) atoms. The summed E-state index contributed by atoms with van der Waals surface area (Å²) in [5.74, 6) is -7.72. The number of rotatable bonds is 5. The summed E-state index contributed by atoms with van der Waals surface area (Å²) in [7, 11) is 0. The van der Waals surface area contributed by atoms with Crippen molar-refractivity contribution in [1.29, 1.82) is 0 Å². The van der Waals surface area contributed by atoms with Gasteiger partial charge in [-0.15, -0.1) is 0 Å². The van der Waals surface area contributed by atoms with Crippen molar-refractivity contribution in [3.8, 4) is 0 Å². The SMILES string of the molecule is O=C(NCc1c(F)cc(F)cc1F)c1ccc2c(c1F)N(Cc1cc(F)cc(F)c1)C(=O)C21CCCCC1. The third kappa shape index (κ3) is 4.41. The molecule has 10 heteroatoms. The predicted octanol–water partition coefficient (Wildman–Crippen LogP) is 6.20. The zero-order valence-electron chi connectivity index (χ0n) is 20.0. The van der Waals surface area contributed by atoms with Crippen LogP contribution in [0.4, 0.5) is 32.0 Å². The Kier molecular flexibility index (Phi) is 6.66. The fourth-order valence-electron chi connectivity index (χ4n) is 5.54. The van der Waals surface area contributed by atoms with Gasteiger partial charge in [0.05, 0.1) is 23.2 Å². The Labute approximate surface area is 214 Å². The Bertz CT molecular complexity index is 1410. The standard InChI is InChI=1S/C28H22F6N2O2/c29-16-8-15(9-17(30)10-16)14-36-25-21(28(27(36)38)6-2-1-3-7-28)5-4-19(24(25)34)26(37)35-13-20-22(32)11-18(31)12-23(20)33/h4-5,8-12H,1-3,6-7,13-14H2,(H,35,37). The number of hydrogen-bond acceptors (Lipinski definition) is 2. The maximum absolute atomic E-state index is 16.0. The van der Waals surface area contributed by atoms with Crippen molar-refractivity contribution in [1.82, 2.24) is 5.32 Å². The molecule has 0 unspecified atom stereocenters. The van der Waals surface area contributed by atoms with Crippen molar-refractivity contribution in [3.05, 3.63) is 99.6 Å². The molecule has 0 radical (unpaired) electrons. The zero-order chi connectivity index (χ0) is 27.2. The van der Waals surface area contributed by atoms with Gasteiger partial charge in [0.25, 0.3) is 5.91 Å². The van der Waals surface area contributed by atoms with E-state index in [1.807, 2.05) is 0 Å².